The summed E-state index contributed by atoms with van der Waals surface area (Å²) in [6, 6.07) is 0. The third kappa shape index (κ3) is 3.27. The van der Waals surface area contributed by atoms with Crippen LogP contribution in [0.4, 0.5) is 0 Å². The second-order valence-corrected chi connectivity index (χ2v) is 4.45. The van der Waals surface area contributed by atoms with Crippen LogP contribution in [0.25, 0.3) is 0 Å². The Morgan fingerprint density at radius 1 is 0.818 bits per heavy atom. The molecule has 0 aliphatic rings. The molecule has 0 spiro atoms. The lowest BCUT2D eigenvalue weighted by Crippen LogP contribution is -2.22. The van der Waals surface area contributed by atoms with Gasteiger partial charge in [-0.25, -0.2) is 0 Å². The zero-order valence-corrected chi connectivity index (χ0v) is 9.02. The largest absolute Gasteiger partial charge is 0.0651 e. The molecule has 0 aromatic rings. The molecule has 1 atom stereocenters. The van der Waals surface area contributed by atoms with Gasteiger partial charge in [0.1, 0.15) is 0 Å². The van der Waals surface area contributed by atoms with Crippen molar-refractivity contribution in [2.24, 2.45) is 23.7 Å². The Labute approximate surface area is 72.4 Å². The van der Waals surface area contributed by atoms with Crippen molar-refractivity contribution in [1.82, 2.24) is 0 Å². The third-order valence-corrected chi connectivity index (χ3v) is 2.84. The summed E-state index contributed by atoms with van der Waals surface area (Å²) in [5.74, 6) is 3.46. The van der Waals surface area contributed by atoms with Crippen molar-refractivity contribution < 1.29 is 0 Å². The first-order chi connectivity index (χ1) is 5.00. The van der Waals surface area contributed by atoms with E-state index in [-0.39, 0.29) is 0 Å². The van der Waals surface area contributed by atoms with Crippen LogP contribution in [0.5, 0.6) is 0 Å². The van der Waals surface area contributed by atoms with E-state index in [9.17, 15) is 0 Å². The summed E-state index contributed by atoms with van der Waals surface area (Å²) in [5.41, 5.74) is 0. The normalized spacial score (nSPS) is 15.0. The van der Waals surface area contributed by atoms with E-state index in [1.165, 1.54) is 6.42 Å². The van der Waals surface area contributed by atoms with Crippen LogP contribution in [0, 0.1) is 23.7 Å². The molecule has 0 nitrogen and oxygen atoms in total. The topological polar surface area (TPSA) is 0 Å². The SMILES string of the molecule is CC[C@@H](C)C(C(C)C)C(C)C. The van der Waals surface area contributed by atoms with Crippen LogP contribution in [-0.4, -0.2) is 0 Å². The second kappa shape index (κ2) is 4.79. The molecule has 0 saturated heterocycles. The molecule has 0 aliphatic heterocycles. The lowest BCUT2D eigenvalue weighted by Gasteiger charge is -2.30. The van der Waals surface area contributed by atoms with Crippen LogP contribution in [0.1, 0.15) is 48.0 Å². The van der Waals surface area contributed by atoms with Gasteiger partial charge in [-0.15, -0.1) is 0 Å². The molecule has 0 N–H and O–H groups in total. The van der Waals surface area contributed by atoms with E-state index in [4.69, 9.17) is 0 Å². The fourth-order valence-electron chi connectivity index (χ4n) is 2.36. The molecule has 68 valence electrons. The lowest BCUT2D eigenvalue weighted by atomic mass is 9.76. The zero-order valence-electron chi connectivity index (χ0n) is 9.02. The molecule has 0 unspecified atom stereocenters. The highest BCUT2D eigenvalue weighted by Gasteiger charge is 2.22. The maximum Gasteiger partial charge on any atom is -0.0342 e. The van der Waals surface area contributed by atoms with E-state index in [1.807, 2.05) is 0 Å². The van der Waals surface area contributed by atoms with Gasteiger partial charge in [0.15, 0.2) is 0 Å². The lowest BCUT2D eigenvalue weighted by molar-refractivity contribution is 0.194. The Bertz CT molecular complexity index is 84.2. The predicted octanol–water partition coefficient (Wildman–Crippen LogP) is 3.96. The molecule has 11 heavy (non-hydrogen) atoms. The van der Waals surface area contributed by atoms with E-state index in [1.54, 1.807) is 0 Å². The van der Waals surface area contributed by atoms with Gasteiger partial charge in [-0.2, -0.15) is 0 Å². The summed E-state index contributed by atoms with van der Waals surface area (Å²) in [4.78, 5) is 0. The summed E-state index contributed by atoms with van der Waals surface area (Å²) in [5, 5.41) is 0. The van der Waals surface area contributed by atoms with E-state index < -0.39 is 0 Å². The first-order valence-corrected chi connectivity index (χ1v) is 5.00. The van der Waals surface area contributed by atoms with Gasteiger partial charge in [-0.1, -0.05) is 48.0 Å². The fraction of sp³-hybridized carbons (Fsp3) is 1.00. The summed E-state index contributed by atoms with van der Waals surface area (Å²) in [6.45, 7) is 14.0. The standard InChI is InChI=1S/C11H24/c1-7-10(6)11(8(2)3)9(4)5/h8-11H,7H2,1-6H3/t10-/m1/s1. The van der Waals surface area contributed by atoms with Crippen LogP contribution in [0.15, 0.2) is 0 Å². The Balaban J connectivity index is 4.09. The number of rotatable bonds is 4. The molecule has 0 heteroatoms. The average molecular weight is 156 g/mol. The highest BCUT2D eigenvalue weighted by molar-refractivity contribution is 4.71. The van der Waals surface area contributed by atoms with Gasteiger partial charge in [-0.05, 0) is 23.7 Å². The monoisotopic (exact) mass is 156 g/mol. The molecule has 0 aliphatic carbocycles. The highest BCUT2D eigenvalue weighted by Crippen LogP contribution is 2.29. The molecular weight excluding hydrogens is 132 g/mol. The van der Waals surface area contributed by atoms with E-state index in [0.29, 0.717) is 0 Å². The highest BCUT2D eigenvalue weighted by atomic mass is 14.3. The molecule has 0 radical (unpaired) electrons. The van der Waals surface area contributed by atoms with Gasteiger partial charge in [-0.3, -0.25) is 0 Å². The molecule has 0 fully saturated rings. The number of hydrogen-bond donors (Lipinski definition) is 0. The summed E-state index contributed by atoms with van der Waals surface area (Å²) >= 11 is 0. The van der Waals surface area contributed by atoms with Gasteiger partial charge in [0.05, 0.1) is 0 Å². The summed E-state index contributed by atoms with van der Waals surface area (Å²) < 4.78 is 0. The Kier molecular flexibility index (Phi) is 4.79. The third-order valence-electron chi connectivity index (χ3n) is 2.84. The van der Waals surface area contributed by atoms with Gasteiger partial charge in [0.2, 0.25) is 0 Å². The second-order valence-electron chi connectivity index (χ2n) is 4.45. The molecule has 0 bridgehead atoms. The van der Waals surface area contributed by atoms with Crippen molar-refractivity contribution >= 4 is 0 Å². The first-order valence-electron chi connectivity index (χ1n) is 5.00. The molecule has 0 saturated carbocycles. The van der Waals surface area contributed by atoms with Crippen LogP contribution in [0.3, 0.4) is 0 Å². The Morgan fingerprint density at radius 2 is 1.18 bits per heavy atom. The zero-order chi connectivity index (χ0) is 9.02. The molecular formula is C11H24. The molecule has 0 aromatic carbocycles. The average Bonchev–Trinajstić information content (AvgIpc) is 1.85. The molecule has 0 heterocycles. The van der Waals surface area contributed by atoms with Crippen molar-refractivity contribution in [3.8, 4) is 0 Å². The maximum absolute atomic E-state index is 2.38. The van der Waals surface area contributed by atoms with E-state index in [2.05, 4.69) is 41.5 Å². The predicted molar refractivity (Wildman–Crippen MR) is 52.6 cm³/mol. The van der Waals surface area contributed by atoms with Gasteiger partial charge in [0.25, 0.3) is 0 Å². The molecule has 0 aromatic heterocycles. The van der Waals surface area contributed by atoms with E-state index in [0.717, 1.165) is 23.7 Å². The van der Waals surface area contributed by atoms with E-state index >= 15 is 0 Å². The Morgan fingerprint density at radius 3 is 1.27 bits per heavy atom. The molecule has 0 rings (SSSR count). The maximum atomic E-state index is 2.38. The van der Waals surface area contributed by atoms with Crippen LogP contribution in [-0.2, 0) is 0 Å². The summed E-state index contributed by atoms with van der Waals surface area (Å²) in [6.07, 6.45) is 1.32. The smallest absolute Gasteiger partial charge is 0.0342 e. The van der Waals surface area contributed by atoms with Crippen molar-refractivity contribution in [2.45, 2.75) is 48.0 Å². The Hall–Kier alpha value is 0. The van der Waals surface area contributed by atoms with Crippen LogP contribution < -0.4 is 0 Å². The molecule has 0 amide bonds. The van der Waals surface area contributed by atoms with Gasteiger partial charge in [0, 0.05) is 0 Å². The van der Waals surface area contributed by atoms with Gasteiger partial charge >= 0.3 is 0 Å². The first kappa shape index (κ1) is 11.0. The van der Waals surface area contributed by atoms with Crippen molar-refractivity contribution in [3.63, 3.8) is 0 Å². The fourth-order valence-corrected chi connectivity index (χ4v) is 2.36. The van der Waals surface area contributed by atoms with Gasteiger partial charge < -0.3 is 0 Å². The van der Waals surface area contributed by atoms with Crippen LogP contribution in [0.2, 0.25) is 0 Å². The quantitative estimate of drug-likeness (QED) is 0.578. The van der Waals surface area contributed by atoms with Crippen LogP contribution >= 0.6 is 0 Å². The van der Waals surface area contributed by atoms with Crippen molar-refractivity contribution in [2.75, 3.05) is 0 Å². The number of hydrogen-bond acceptors (Lipinski definition) is 0. The van der Waals surface area contributed by atoms with Crippen molar-refractivity contribution in [1.29, 1.82) is 0 Å². The van der Waals surface area contributed by atoms with Crippen molar-refractivity contribution in [3.05, 3.63) is 0 Å². The minimum absolute atomic E-state index is 0.838. The minimum Gasteiger partial charge on any atom is -0.0651 e. The summed E-state index contributed by atoms with van der Waals surface area (Å²) in [7, 11) is 0. The minimum atomic E-state index is 0.838.